The molecule has 4 aliphatic rings. The van der Waals surface area contributed by atoms with Crippen LogP contribution in [0.2, 0.25) is 0 Å². The second-order valence-electron chi connectivity index (χ2n) is 9.74. The summed E-state index contributed by atoms with van der Waals surface area (Å²) in [6, 6.07) is 0. The summed E-state index contributed by atoms with van der Waals surface area (Å²) in [5.41, 5.74) is 2.87. The number of hydrogen-bond acceptors (Lipinski definition) is 3. The molecule has 3 heteroatoms. The van der Waals surface area contributed by atoms with Gasteiger partial charge in [0, 0.05) is 18.4 Å². The van der Waals surface area contributed by atoms with Crippen LogP contribution >= 0.6 is 0 Å². The Kier molecular flexibility index (Phi) is 4.22. The van der Waals surface area contributed by atoms with Crippen molar-refractivity contribution in [3.05, 3.63) is 23.3 Å². The van der Waals surface area contributed by atoms with Crippen molar-refractivity contribution >= 4 is 0 Å². The number of hydrogen-bond donors (Lipinski definition) is 3. The van der Waals surface area contributed by atoms with Crippen molar-refractivity contribution < 1.29 is 15.3 Å². The summed E-state index contributed by atoms with van der Waals surface area (Å²) >= 11 is 0. The van der Waals surface area contributed by atoms with E-state index in [2.05, 4.69) is 32.9 Å². The van der Waals surface area contributed by atoms with Crippen molar-refractivity contribution in [2.75, 3.05) is 6.61 Å². The Morgan fingerprint density at radius 1 is 1.12 bits per heavy atom. The largest absolute Gasteiger partial charge is 0.396 e. The first-order valence-corrected chi connectivity index (χ1v) is 10.2. The van der Waals surface area contributed by atoms with Crippen LogP contribution in [-0.4, -0.2) is 34.1 Å². The third-order valence-corrected chi connectivity index (χ3v) is 8.70. The quantitative estimate of drug-likeness (QED) is 0.718. The minimum Gasteiger partial charge on any atom is -0.396 e. The van der Waals surface area contributed by atoms with Crippen molar-refractivity contribution in [1.82, 2.24) is 0 Å². The van der Waals surface area contributed by atoms with Gasteiger partial charge in [-0.1, -0.05) is 44.1 Å². The first kappa shape index (κ1) is 17.8. The van der Waals surface area contributed by atoms with E-state index in [-0.39, 0.29) is 17.4 Å². The Morgan fingerprint density at radius 2 is 1.88 bits per heavy atom. The fourth-order valence-corrected chi connectivity index (χ4v) is 7.15. The third kappa shape index (κ3) is 2.35. The zero-order valence-electron chi connectivity index (χ0n) is 15.9. The van der Waals surface area contributed by atoms with Gasteiger partial charge in [-0.05, 0) is 61.2 Å². The van der Waals surface area contributed by atoms with E-state index in [1.807, 2.05) is 0 Å². The highest BCUT2D eigenvalue weighted by Crippen LogP contribution is 2.65. The highest BCUT2D eigenvalue weighted by atomic mass is 16.3. The van der Waals surface area contributed by atoms with Crippen LogP contribution in [-0.2, 0) is 0 Å². The van der Waals surface area contributed by atoms with Gasteiger partial charge in [0.15, 0.2) is 0 Å². The maximum atomic E-state index is 10.9. The van der Waals surface area contributed by atoms with Crippen molar-refractivity contribution in [2.45, 2.75) is 71.5 Å². The molecule has 8 atom stereocenters. The van der Waals surface area contributed by atoms with Gasteiger partial charge in [0.05, 0.1) is 12.2 Å². The van der Waals surface area contributed by atoms with E-state index >= 15 is 0 Å². The van der Waals surface area contributed by atoms with E-state index in [1.54, 1.807) is 5.57 Å². The van der Waals surface area contributed by atoms with Crippen LogP contribution < -0.4 is 0 Å². The summed E-state index contributed by atoms with van der Waals surface area (Å²) in [5, 5.41) is 30.7. The van der Waals surface area contributed by atoms with Crippen molar-refractivity contribution in [1.29, 1.82) is 0 Å². The molecule has 0 aliphatic heterocycles. The van der Waals surface area contributed by atoms with E-state index in [9.17, 15) is 15.3 Å². The van der Waals surface area contributed by atoms with E-state index in [4.69, 9.17) is 0 Å². The Morgan fingerprint density at radius 3 is 2.60 bits per heavy atom. The first-order chi connectivity index (χ1) is 11.8. The molecule has 3 fully saturated rings. The lowest BCUT2D eigenvalue weighted by molar-refractivity contribution is -0.0551. The van der Waals surface area contributed by atoms with Crippen molar-refractivity contribution in [2.24, 2.45) is 34.5 Å². The fraction of sp³-hybridized carbons (Fsp3) is 0.818. The zero-order valence-corrected chi connectivity index (χ0v) is 15.9. The van der Waals surface area contributed by atoms with Gasteiger partial charge >= 0.3 is 0 Å². The normalized spacial score (nSPS) is 50.2. The average molecular weight is 347 g/mol. The molecule has 0 aromatic carbocycles. The molecular weight excluding hydrogens is 312 g/mol. The van der Waals surface area contributed by atoms with Crippen LogP contribution in [0.3, 0.4) is 0 Å². The molecule has 0 bridgehead atoms. The topological polar surface area (TPSA) is 60.7 Å². The van der Waals surface area contributed by atoms with Gasteiger partial charge < -0.3 is 15.3 Å². The number of aliphatic hydroxyl groups is 3. The minimum absolute atomic E-state index is 0.203. The molecule has 0 aromatic rings. The summed E-state index contributed by atoms with van der Waals surface area (Å²) in [7, 11) is 0. The Labute approximate surface area is 151 Å². The van der Waals surface area contributed by atoms with Gasteiger partial charge in [-0.25, -0.2) is 0 Å². The monoisotopic (exact) mass is 346 g/mol. The van der Waals surface area contributed by atoms with Gasteiger partial charge in [0.1, 0.15) is 0 Å². The van der Waals surface area contributed by atoms with Gasteiger partial charge in [-0.3, -0.25) is 0 Å². The maximum absolute atomic E-state index is 10.9. The van der Waals surface area contributed by atoms with Gasteiger partial charge in [-0.2, -0.15) is 0 Å². The number of fused-ring (bicyclic) bond motifs is 5. The van der Waals surface area contributed by atoms with Gasteiger partial charge in [-0.15, -0.1) is 0 Å². The lowest BCUT2D eigenvalue weighted by Crippen LogP contribution is -2.52. The number of allylic oxidation sites excluding steroid dienone is 3. The zero-order chi connectivity index (χ0) is 18.0. The molecule has 25 heavy (non-hydrogen) atoms. The Hall–Kier alpha value is -0.640. The van der Waals surface area contributed by atoms with Gasteiger partial charge in [0.25, 0.3) is 0 Å². The molecular formula is C22H34O3. The molecule has 3 saturated carbocycles. The molecule has 3 N–H and O–H groups in total. The minimum atomic E-state index is -0.450. The number of rotatable bonds is 2. The predicted molar refractivity (Wildman–Crippen MR) is 98.8 cm³/mol. The molecule has 0 saturated heterocycles. The third-order valence-electron chi connectivity index (χ3n) is 8.70. The highest BCUT2D eigenvalue weighted by Gasteiger charge is 2.58. The molecule has 0 aromatic heterocycles. The maximum Gasteiger partial charge on any atom is 0.0661 e. The lowest BCUT2D eigenvalue weighted by atomic mass is 9.49. The lowest BCUT2D eigenvalue weighted by Gasteiger charge is -2.56. The average Bonchev–Trinajstić information content (AvgIpc) is 2.93. The van der Waals surface area contributed by atoms with Crippen LogP contribution in [0.5, 0.6) is 0 Å². The second kappa shape index (κ2) is 5.94. The summed E-state index contributed by atoms with van der Waals surface area (Å²) < 4.78 is 0. The summed E-state index contributed by atoms with van der Waals surface area (Å²) in [5.74, 6) is 1.96. The van der Waals surface area contributed by atoms with Crippen LogP contribution in [0.4, 0.5) is 0 Å². The van der Waals surface area contributed by atoms with E-state index in [1.165, 1.54) is 24.8 Å². The summed E-state index contributed by atoms with van der Waals surface area (Å²) in [6.07, 6.45) is 9.64. The number of aliphatic hydroxyl groups excluding tert-OH is 3. The second-order valence-corrected chi connectivity index (χ2v) is 9.74. The molecule has 4 rings (SSSR count). The van der Waals surface area contributed by atoms with Gasteiger partial charge in [0.2, 0.25) is 0 Å². The van der Waals surface area contributed by atoms with Crippen molar-refractivity contribution in [3.8, 4) is 0 Å². The summed E-state index contributed by atoms with van der Waals surface area (Å²) in [6.45, 7) is 7.17. The molecule has 140 valence electrons. The fourth-order valence-electron chi connectivity index (χ4n) is 7.15. The molecule has 3 unspecified atom stereocenters. The highest BCUT2D eigenvalue weighted by molar-refractivity contribution is 5.40. The molecule has 0 amide bonds. The van der Waals surface area contributed by atoms with E-state index < -0.39 is 12.2 Å². The van der Waals surface area contributed by atoms with Crippen molar-refractivity contribution in [3.63, 3.8) is 0 Å². The standard InChI is InChI=1S/C22H34O3/c1-13(12-23)17-6-7-18-16-5-4-14-10-15(24)11-20(25)22(14,3)19(16)8-9-21(17,18)2/h4-5,13,15,17-20,23-25H,6-12H2,1-3H3/t13?,15?,17-,18+,19+,20?,21-,22+/m1/s1. The Balaban J connectivity index is 1.71. The summed E-state index contributed by atoms with van der Waals surface area (Å²) in [4.78, 5) is 0. The van der Waals surface area contributed by atoms with Crippen LogP contribution in [0.25, 0.3) is 0 Å². The Bertz CT molecular complexity index is 608. The van der Waals surface area contributed by atoms with E-state index in [0.29, 0.717) is 36.5 Å². The van der Waals surface area contributed by atoms with Crippen LogP contribution in [0.15, 0.2) is 23.3 Å². The molecule has 3 nitrogen and oxygen atoms in total. The van der Waals surface area contributed by atoms with Crippen LogP contribution in [0.1, 0.15) is 59.3 Å². The molecule has 0 heterocycles. The SMILES string of the molecule is CC(CO)[C@H]1CC[C@H]2C3=CC=C4CC(O)CC(O)[C@]4(C)[C@H]3CC[C@]12C. The predicted octanol–water partition coefficient (Wildman–Crippen LogP) is 3.45. The van der Waals surface area contributed by atoms with E-state index in [0.717, 1.165) is 6.42 Å². The smallest absolute Gasteiger partial charge is 0.0661 e. The molecule has 0 spiro atoms. The molecule has 4 aliphatic carbocycles. The molecule has 0 radical (unpaired) electrons. The van der Waals surface area contributed by atoms with Crippen LogP contribution in [0, 0.1) is 34.5 Å². The first-order valence-electron chi connectivity index (χ1n) is 10.2.